The number of carbonyl (C=O) groups is 2. The van der Waals surface area contributed by atoms with Crippen LogP contribution in [0.1, 0.15) is 31.2 Å². The maximum atomic E-state index is 11.8. The predicted octanol–water partition coefficient (Wildman–Crippen LogP) is 1.99. The second-order valence-electron chi connectivity index (χ2n) is 5.10. The first kappa shape index (κ1) is 13.6. The Bertz CT molecular complexity index is 444. The van der Waals surface area contributed by atoms with E-state index in [1.165, 1.54) is 0 Å². The van der Waals surface area contributed by atoms with Gasteiger partial charge in [-0.2, -0.15) is 0 Å². The normalized spacial score (nSPS) is 22.1. The van der Waals surface area contributed by atoms with Gasteiger partial charge in [0.25, 0.3) is 0 Å². The van der Waals surface area contributed by atoms with Gasteiger partial charge in [0.15, 0.2) is 0 Å². The highest BCUT2D eigenvalue weighted by Gasteiger charge is 2.30. The molecule has 0 aromatic heterocycles. The fraction of sp³-hybridized carbons (Fsp3) is 0.467. The van der Waals surface area contributed by atoms with Gasteiger partial charge in [0.05, 0.1) is 5.92 Å². The van der Waals surface area contributed by atoms with Crippen molar-refractivity contribution in [2.24, 2.45) is 5.92 Å². The lowest BCUT2D eigenvalue weighted by Gasteiger charge is -2.12. The molecule has 1 aliphatic rings. The molecule has 0 radical (unpaired) electrons. The monoisotopic (exact) mass is 261 g/mol. The molecule has 0 aliphatic heterocycles. The number of nitrogens with one attached hydrogen (secondary N) is 1. The number of carboxylic acid groups (broad SMARTS) is 1. The molecule has 2 N–H and O–H groups in total. The van der Waals surface area contributed by atoms with Crippen molar-refractivity contribution in [3.8, 4) is 0 Å². The van der Waals surface area contributed by atoms with Crippen LogP contribution in [0.25, 0.3) is 0 Å². The number of carboxylic acids is 1. The number of aryl methyl sites for hydroxylation is 1. The maximum Gasteiger partial charge on any atom is 0.306 e. The van der Waals surface area contributed by atoms with E-state index in [0.29, 0.717) is 19.3 Å². The molecule has 1 saturated carbocycles. The summed E-state index contributed by atoms with van der Waals surface area (Å²) in [6, 6.07) is 9.91. The Morgan fingerprint density at radius 3 is 2.58 bits per heavy atom. The zero-order chi connectivity index (χ0) is 13.7. The van der Waals surface area contributed by atoms with Gasteiger partial charge >= 0.3 is 5.97 Å². The van der Waals surface area contributed by atoms with E-state index in [2.05, 4.69) is 5.32 Å². The number of rotatable bonds is 5. The summed E-state index contributed by atoms with van der Waals surface area (Å²) in [6.45, 7) is 0. The van der Waals surface area contributed by atoms with Crippen LogP contribution in [0.3, 0.4) is 0 Å². The third-order valence-electron chi connectivity index (χ3n) is 3.63. The van der Waals surface area contributed by atoms with Gasteiger partial charge in [-0.15, -0.1) is 0 Å². The fourth-order valence-corrected chi connectivity index (χ4v) is 2.54. The number of carbonyl (C=O) groups excluding carboxylic acids is 1. The summed E-state index contributed by atoms with van der Waals surface area (Å²) in [6.07, 6.45) is 3.18. The van der Waals surface area contributed by atoms with E-state index in [-0.39, 0.29) is 17.9 Å². The second kappa shape index (κ2) is 6.36. The van der Waals surface area contributed by atoms with Gasteiger partial charge in [0, 0.05) is 12.5 Å². The summed E-state index contributed by atoms with van der Waals surface area (Å²) in [5.74, 6) is -1.03. The van der Waals surface area contributed by atoms with E-state index in [4.69, 9.17) is 5.11 Å². The number of aliphatic carboxylic acids is 1. The largest absolute Gasteiger partial charge is 0.481 e. The summed E-state index contributed by atoms with van der Waals surface area (Å²) in [5, 5.41) is 11.8. The van der Waals surface area contributed by atoms with Crippen LogP contribution in [0.15, 0.2) is 30.3 Å². The number of hydrogen-bond acceptors (Lipinski definition) is 2. The van der Waals surface area contributed by atoms with E-state index in [0.717, 1.165) is 18.4 Å². The molecule has 2 atom stereocenters. The van der Waals surface area contributed by atoms with Crippen LogP contribution < -0.4 is 5.32 Å². The molecule has 0 saturated heterocycles. The molecule has 0 heterocycles. The molecule has 2 unspecified atom stereocenters. The minimum atomic E-state index is -0.749. The van der Waals surface area contributed by atoms with Crippen molar-refractivity contribution in [2.45, 2.75) is 38.1 Å². The lowest BCUT2D eigenvalue weighted by Crippen LogP contribution is -2.33. The lowest BCUT2D eigenvalue weighted by molar-refractivity contribution is -0.141. The molecule has 1 aliphatic carbocycles. The van der Waals surface area contributed by atoms with E-state index in [1.54, 1.807) is 0 Å². The molecule has 4 heteroatoms. The molecular formula is C15H19NO3. The minimum absolute atomic E-state index is 0.0138. The van der Waals surface area contributed by atoms with Crippen LogP contribution in [-0.4, -0.2) is 23.0 Å². The van der Waals surface area contributed by atoms with Gasteiger partial charge in [-0.1, -0.05) is 30.3 Å². The zero-order valence-electron chi connectivity index (χ0n) is 10.8. The van der Waals surface area contributed by atoms with E-state index < -0.39 is 5.97 Å². The summed E-state index contributed by atoms with van der Waals surface area (Å²) < 4.78 is 0. The molecule has 1 amide bonds. The van der Waals surface area contributed by atoms with Gasteiger partial charge in [-0.3, -0.25) is 9.59 Å². The zero-order valence-corrected chi connectivity index (χ0v) is 10.8. The van der Waals surface area contributed by atoms with Crippen molar-refractivity contribution in [1.29, 1.82) is 0 Å². The van der Waals surface area contributed by atoms with Crippen molar-refractivity contribution in [3.63, 3.8) is 0 Å². The van der Waals surface area contributed by atoms with Crippen molar-refractivity contribution in [2.75, 3.05) is 0 Å². The Morgan fingerprint density at radius 1 is 1.21 bits per heavy atom. The van der Waals surface area contributed by atoms with Crippen molar-refractivity contribution in [1.82, 2.24) is 5.32 Å². The van der Waals surface area contributed by atoms with Crippen LogP contribution in [0, 0.1) is 5.92 Å². The van der Waals surface area contributed by atoms with Gasteiger partial charge in [-0.05, 0) is 31.2 Å². The summed E-state index contributed by atoms with van der Waals surface area (Å²) in [4.78, 5) is 22.6. The standard InChI is InChI=1S/C15H19NO3/c17-14(9-6-11-4-2-1-3-5-11)16-13-8-7-12(10-13)15(18)19/h1-5,12-13H,6-10H2,(H,16,17)(H,18,19). The third-order valence-corrected chi connectivity index (χ3v) is 3.63. The molecule has 1 fully saturated rings. The number of hydrogen-bond donors (Lipinski definition) is 2. The van der Waals surface area contributed by atoms with Crippen LogP contribution in [0.5, 0.6) is 0 Å². The molecule has 1 aromatic rings. The highest BCUT2D eigenvalue weighted by Crippen LogP contribution is 2.25. The van der Waals surface area contributed by atoms with Gasteiger partial charge < -0.3 is 10.4 Å². The topological polar surface area (TPSA) is 66.4 Å². The fourth-order valence-electron chi connectivity index (χ4n) is 2.54. The molecule has 0 bridgehead atoms. The average molecular weight is 261 g/mol. The highest BCUT2D eigenvalue weighted by atomic mass is 16.4. The van der Waals surface area contributed by atoms with Crippen molar-refractivity contribution in [3.05, 3.63) is 35.9 Å². The second-order valence-corrected chi connectivity index (χ2v) is 5.10. The van der Waals surface area contributed by atoms with Gasteiger partial charge in [-0.25, -0.2) is 0 Å². The smallest absolute Gasteiger partial charge is 0.306 e. The Morgan fingerprint density at radius 2 is 1.95 bits per heavy atom. The molecule has 19 heavy (non-hydrogen) atoms. The number of amides is 1. The van der Waals surface area contributed by atoms with Crippen LogP contribution >= 0.6 is 0 Å². The molecule has 2 rings (SSSR count). The Kier molecular flexibility index (Phi) is 4.55. The van der Waals surface area contributed by atoms with Crippen molar-refractivity contribution >= 4 is 11.9 Å². The van der Waals surface area contributed by atoms with E-state index >= 15 is 0 Å². The van der Waals surface area contributed by atoms with Crippen LogP contribution in [-0.2, 0) is 16.0 Å². The third kappa shape index (κ3) is 4.09. The maximum absolute atomic E-state index is 11.8. The molecule has 0 spiro atoms. The van der Waals surface area contributed by atoms with Gasteiger partial charge in [0.1, 0.15) is 0 Å². The first-order valence-corrected chi connectivity index (χ1v) is 6.71. The first-order chi connectivity index (χ1) is 9.15. The molecule has 1 aromatic carbocycles. The van der Waals surface area contributed by atoms with Crippen LogP contribution in [0.4, 0.5) is 0 Å². The van der Waals surface area contributed by atoms with E-state index in [9.17, 15) is 9.59 Å². The predicted molar refractivity (Wildman–Crippen MR) is 71.7 cm³/mol. The lowest BCUT2D eigenvalue weighted by atomic mass is 10.1. The molecular weight excluding hydrogens is 242 g/mol. The average Bonchev–Trinajstić information content (AvgIpc) is 2.86. The SMILES string of the molecule is O=C(CCc1ccccc1)NC1CCC(C(=O)O)C1. The molecule has 4 nitrogen and oxygen atoms in total. The summed E-state index contributed by atoms with van der Waals surface area (Å²) in [5.41, 5.74) is 1.15. The summed E-state index contributed by atoms with van der Waals surface area (Å²) in [7, 11) is 0. The Balaban J connectivity index is 1.72. The highest BCUT2D eigenvalue weighted by molar-refractivity contribution is 5.77. The minimum Gasteiger partial charge on any atom is -0.481 e. The first-order valence-electron chi connectivity index (χ1n) is 6.71. The van der Waals surface area contributed by atoms with E-state index in [1.807, 2.05) is 30.3 Å². The Labute approximate surface area is 112 Å². The van der Waals surface area contributed by atoms with Crippen LogP contribution in [0.2, 0.25) is 0 Å². The number of benzene rings is 1. The molecule has 102 valence electrons. The summed E-state index contributed by atoms with van der Waals surface area (Å²) >= 11 is 0. The Hall–Kier alpha value is -1.84. The van der Waals surface area contributed by atoms with Gasteiger partial charge in [0.2, 0.25) is 5.91 Å². The quantitative estimate of drug-likeness (QED) is 0.851. The van der Waals surface area contributed by atoms with Crippen molar-refractivity contribution < 1.29 is 14.7 Å².